The van der Waals surface area contributed by atoms with E-state index in [4.69, 9.17) is 4.74 Å². The van der Waals surface area contributed by atoms with Crippen LogP contribution in [0.2, 0.25) is 0 Å². The lowest BCUT2D eigenvalue weighted by Gasteiger charge is -2.11. The number of benzene rings is 2. The van der Waals surface area contributed by atoms with Gasteiger partial charge in [-0.05, 0) is 29.3 Å². The minimum atomic E-state index is -4.44. The summed E-state index contributed by atoms with van der Waals surface area (Å²) in [5.74, 6) is -1.10. The summed E-state index contributed by atoms with van der Waals surface area (Å²) >= 11 is 0. The third-order valence-electron chi connectivity index (χ3n) is 3.55. The number of alkyl halides is 4. The van der Waals surface area contributed by atoms with Gasteiger partial charge in [-0.15, -0.1) is 0 Å². The SMILES string of the molecule is COC(=O)c1c(O)cc(OCCF)cc1/C=C/c1ccc(C(F)(F)F)cc1. The van der Waals surface area contributed by atoms with Crippen LogP contribution in [0.4, 0.5) is 17.6 Å². The number of hydrogen-bond donors (Lipinski definition) is 1. The molecular formula is C19H16F4O4. The van der Waals surface area contributed by atoms with Gasteiger partial charge in [-0.25, -0.2) is 9.18 Å². The summed E-state index contributed by atoms with van der Waals surface area (Å²) in [5, 5.41) is 10.1. The Labute approximate surface area is 152 Å². The number of carbonyl (C=O) groups excluding carboxylic acids is 1. The third-order valence-corrected chi connectivity index (χ3v) is 3.55. The average molecular weight is 384 g/mol. The number of phenolic OH excluding ortho intramolecular Hbond substituents is 1. The zero-order valence-electron chi connectivity index (χ0n) is 14.2. The fraction of sp³-hybridized carbons (Fsp3) is 0.211. The highest BCUT2D eigenvalue weighted by Crippen LogP contribution is 2.31. The predicted octanol–water partition coefficient (Wildman–Crippen LogP) is 4.72. The summed E-state index contributed by atoms with van der Waals surface area (Å²) in [7, 11) is 1.14. The van der Waals surface area contributed by atoms with Gasteiger partial charge in [0.15, 0.2) is 0 Å². The fourth-order valence-electron chi connectivity index (χ4n) is 2.29. The van der Waals surface area contributed by atoms with E-state index in [1.54, 1.807) is 0 Å². The Morgan fingerprint density at radius 3 is 2.37 bits per heavy atom. The van der Waals surface area contributed by atoms with Crippen LogP contribution in [0.5, 0.6) is 11.5 Å². The lowest BCUT2D eigenvalue weighted by Crippen LogP contribution is -2.06. The molecule has 8 heteroatoms. The molecule has 0 saturated carbocycles. The molecule has 0 unspecified atom stereocenters. The van der Waals surface area contributed by atoms with Crippen molar-refractivity contribution in [3.8, 4) is 11.5 Å². The number of carbonyl (C=O) groups is 1. The van der Waals surface area contributed by atoms with Gasteiger partial charge in [-0.2, -0.15) is 13.2 Å². The number of methoxy groups -OCH3 is 1. The van der Waals surface area contributed by atoms with Crippen LogP contribution in [0.3, 0.4) is 0 Å². The van der Waals surface area contributed by atoms with Crippen LogP contribution in [0.1, 0.15) is 27.0 Å². The van der Waals surface area contributed by atoms with Crippen molar-refractivity contribution < 1.29 is 36.9 Å². The van der Waals surface area contributed by atoms with E-state index in [1.165, 1.54) is 30.4 Å². The first-order valence-electron chi connectivity index (χ1n) is 7.75. The zero-order valence-corrected chi connectivity index (χ0v) is 14.2. The number of hydrogen-bond acceptors (Lipinski definition) is 4. The maximum absolute atomic E-state index is 12.6. The Balaban J connectivity index is 2.38. The van der Waals surface area contributed by atoms with Crippen LogP contribution in [0.15, 0.2) is 36.4 Å². The van der Waals surface area contributed by atoms with E-state index < -0.39 is 30.1 Å². The Morgan fingerprint density at radius 1 is 1.15 bits per heavy atom. The fourth-order valence-corrected chi connectivity index (χ4v) is 2.29. The first-order valence-corrected chi connectivity index (χ1v) is 7.75. The number of aromatic hydroxyl groups is 1. The number of esters is 1. The van der Waals surface area contributed by atoms with E-state index in [-0.39, 0.29) is 23.5 Å². The largest absolute Gasteiger partial charge is 0.507 e. The molecule has 0 atom stereocenters. The van der Waals surface area contributed by atoms with Crippen LogP contribution in [0.25, 0.3) is 12.2 Å². The van der Waals surface area contributed by atoms with E-state index in [0.29, 0.717) is 5.56 Å². The van der Waals surface area contributed by atoms with Gasteiger partial charge in [0.05, 0.1) is 12.7 Å². The molecule has 4 nitrogen and oxygen atoms in total. The van der Waals surface area contributed by atoms with Crippen molar-refractivity contribution in [1.29, 1.82) is 0 Å². The highest BCUT2D eigenvalue weighted by Gasteiger charge is 2.29. The van der Waals surface area contributed by atoms with Gasteiger partial charge in [0.2, 0.25) is 0 Å². The van der Waals surface area contributed by atoms with Gasteiger partial charge in [0.1, 0.15) is 30.3 Å². The molecule has 0 bridgehead atoms. The summed E-state index contributed by atoms with van der Waals surface area (Å²) in [5.41, 5.74) is -0.286. The Hall–Kier alpha value is -3.03. The third kappa shape index (κ3) is 5.22. The highest BCUT2D eigenvalue weighted by molar-refractivity contribution is 5.98. The monoisotopic (exact) mass is 384 g/mol. The van der Waals surface area contributed by atoms with Crippen molar-refractivity contribution in [2.24, 2.45) is 0 Å². The average Bonchev–Trinajstić information content (AvgIpc) is 2.63. The van der Waals surface area contributed by atoms with Crippen LogP contribution in [0, 0.1) is 0 Å². The highest BCUT2D eigenvalue weighted by atomic mass is 19.4. The molecule has 0 aliphatic carbocycles. The Bertz CT molecular complexity index is 827. The van der Waals surface area contributed by atoms with Crippen molar-refractivity contribution >= 4 is 18.1 Å². The van der Waals surface area contributed by atoms with E-state index in [9.17, 15) is 27.5 Å². The van der Waals surface area contributed by atoms with Crippen molar-refractivity contribution in [1.82, 2.24) is 0 Å². The first kappa shape index (κ1) is 20.3. The molecule has 0 fully saturated rings. The second kappa shape index (κ2) is 8.57. The van der Waals surface area contributed by atoms with Gasteiger partial charge < -0.3 is 14.6 Å². The lowest BCUT2D eigenvalue weighted by atomic mass is 10.0. The van der Waals surface area contributed by atoms with Crippen LogP contribution >= 0.6 is 0 Å². The molecule has 0 amide bonds. The zero-order chi connectivity index (χ0) is 20.0. The Kier molecular flexibility index (Phi) is 6.44. The number of halogens is 4. The van der Waals surface area contributed by atoms with Crippen molar-refractivity contribution in [3.05, 3.63) is 58.7 Å². The van der Waals surface area contributed by atoms with Gasteiger partial charge >= 0.3 is 12.1 Å². The molecule has 27 heavy (non-hydrogen) atoms. The van der Waals surface area contributed by atoms with E-state index >= 15 is 0 Å². The second-order valence-electron chi connectivity index (χ2n) is 5.39. The summed E-state index contributed by atoms with van der Waals surface area (Å²) in [6.45, 7) is -0.977. The van der Waals surface area contributed by atoms with E-state index in [1.807, 2.05) is 0 Å². The lowest BCUT2D eigenvalue weighted by molar-refractivity contribution is -0.137. The molecule has 0 aliphatic rings. The number of ether oxygens (including phenoxy) is 2. The van der Waals surface area contributed by atoms with E-state index in [2.05, 4.69) is 4.74 Å². The molecule has 0 saturated heterocycles. The minimum absolute atomic E-state index is 0.130. The second-order valence-corrected chi connectivity index (χ2v) is 5.39. The van der Waals surface area contributed by atoms with Gasteiger partial charge in [0, 0.05) is 6.07 Å². The molecule has 2 aromatic rings. The van der Waals surface area contributed by atoms with E-state index in [0.717, 1.165) is 25.3 Å². The van der Waals surface area contributed by atoms with Crippen molar-refractivity contribution in [3.63, 3.8) is 0 Å². The molecular weight excluding hydrogens is 368 g/mol. The maximum atomic E-state index is 12.6. The van der Waals surface area contributed by atoms with Gasteiger partial charge in [-0.3, -0.25) is 0 Å². The van der Waals surface area contributed by atoms with Crippen molar-refractivity contribution in [2.45, 2.75) is 6.18 Å². The van der Waals surface area contributed by atoms with Crippen LogP contribution < -0.4 is 4.74 Å². The topological polar surface area (TPSA) is 55.8 Å². The molecule has 0 heterocycles. The van der Waals surface area contributed by atoms with Crippen LogP contribution in [-0.4, -0.2) is 31.5 Å². The first-order chi connectivity index (χ1) is 12.8. The molecule has 1 N–H and O–H groups in total. The normalized spacial score (nSPS) is 11.6. The summed E-state index contributed by atoms with van der Waals surface area (Å²) in [6.07, 6.45) is -1.56. The minimum Gasteiger partial charge on any atom is -0.507 e. The molecule has 144 valence electrons. The van der Waals surface area contributed by atoms with Gasteiger partial charge in [0.25, 0.3) is 0 Å². The molecule has 0 spiro atoms. The predicted molar refractivity (Wildman–Crippen MR) is 91.3 cm³/mol. The number of rotatable bonds is 6. The maximum Gasteiger partial charge on any atom is 0.416 e. The van der Waals surface area contributed by atoms with Crippen LogP contribution in [-0.2, 0) is 10.9 Å². The molecule has 2 rings (SSSR count). The quantitative estimate of drug-likeness (QED) is 0.445. The molecule has 0 aromatic heterocycles. The summed E-state index contributed by atoms with van der Waals surface area (Å²) in [6, 6.07) is 6.93. The molecule has 2 aromatic carbocycles. The summed E-state index contributed by atoms with van der Waals surface area (Å²) in [4.78, 5) is 11.9. The Morgan fingerprint density at radius 2 is 1.81 bits per heavy atom. The summed E-state index contributed by atoms with van der Waals surface area (Å²) < 4.78 is 59.8. The van der Waals surface area contributed by atoms with Gasteiger partial charge in [-0.1, -0.05) is 24.3 Å². The molecule has 0 aliphatic heterocycles. The molecule has 0 radical (unpaired) electrons. The van der Waals surface area contributed by atoms with Crippen molar-refractivity contribution in [2.75, 3.05) is 20.4 Å². The standard InChI is InChI=1S/C19H16F4O4/c1-26-18(25)17-13(10-15(11-16(17)24)27-9-8-20)5-2-12-3-6-14(7-4-12)19(21,22)23/h2-7,10-11,24H,8-9H2,1H3/b5-2+. The number of phenols is 1. The smallest absolute Gasteiger partial charge is 0.416 e.